The SMILES string of the molecule is CCOC(CCSSCCC(OCC)[SiH](C)C)[SiH](C)C.C[SiH](C)C(O)CCSSSSCCC(O)[SiH](C)C. The first kappa shape index (κ1) is 42.9. The Hall–Kier alpha value is 2.81. The second-order valence-corrected chi connectivity index (χ2v) is 32.6. The molecule has 14 heteroatoms. The van der Waals surface area contributed by atoms with Gasteiger partial charge in [0.15, 0.2) is 0 Å². The van der Waals surface area contributed by atoms with Gasteiger partial charge < -0.3 is 19.7 Å². The molecule has 0 aliphatic rings. The van der Waals surface area contributed by atoms with Gasteiger partial charge in [-0.3, -0.25) is 0 Å². The average molecular weight is 717 g/mol. The highest BCUT2D eigenvalue weighted by Gasteiger charge is 2.16. The molecule has 2 N–H and O–H groups in total. The molecule has 4 atom stereocenters. The lowest BCUT2D eigenvalue weighted by Crippen LogP contribution is -2.28. The molecule has 0 spiro atoms. The van der Waals surface area contributed by atoms with E-state index in [0.29, 0.717) is 11.5 Å². The first-order chi connectivity index (χ1) is 18.0. The zero-order chi connectivity index (χ0) is 29.3. The van der Waals surface area contributed by atoms with Crippen LogP contribution in [0.5, 0.6) is 0 Å². The maximum Gasteiger partial charge on any atom is 0.0656 e. The van der Waals surface area contributed by atoms with Gasteiger partial charge in [0, 0.05) is 59.1 Å². The minimum Gasteiger partial charge on any atom is -0.397 e. The largest absolute Gasteiger partial charge is 0.397 e. The second kappa shape index (κ2) is 29.9. The highest BCUT2D eigenvalue weighted by atomic mass is 33.7. The zero-order valence-corrected chi connectivity index (χ0v) is 35.4. The Morgan fingerprint density at radius 3 is 1.08 bits per heavy atom. The molecule has 4 nitrogen and oxygen atoms in total. The van der Waals surface area contributed by atoms with Crippen LogP contribution in [0.3, 0.4) is 0 Å². The molecule has 0 saturated heterocycles. The first-order valence-corrected chi connectivity index (χ1v) is 33.9. The molecule has 0 saturated carbocycles. The fourth-order valence-corrected chi connectivity index (χ4v) is 17.0. The average Bonchev–Trinajstić information content (AvgIpc) is 2.85. The highest BCUT2D eigenvalue weighted by molar-refractivity contribution is 9.26. The van der Waals surface area contributed by atoms with Crippen molar-refractivity contribution in [3.05, 3.63) is 0 Å². The molecule has 0 rings (SSSR count). The molecule has 0 aromatic carbocycles. The van der Waals surface area contributed by atoms with Crippen molar-refractivity contribution < 1.29 is 19.7 Å². The van der Waals surface area contributed by atoms with Crippen molar-refractivity contribution in [1.82, 2.24) is 0 Å². The van der Waals surface area contributed by atoms with Gasteiger partial charge in [-0.1, -0.05) is 95.6 Å². The smallest absolute Gasteiger partial charge is 0.0656 e. The van der Waals surface area contributed by atoms with Crippen LogP contribution < -0.4 is 0 Å². The summed E-state index contributed by atoms with van der Waals surface area (Å²) in [5, 5.41) is 19.4. The molecule has 0 heterocycles. The third kappa shape index (κ3) is 27.6. The molecule has 0 aromatic rings. The Bertz CT molecular complexity index is 461. The summed E-state index contributed by atoms with van der Waals surface area (Å²) in [6.07, 6.45) is 4.32. The van der Waals surface area contributed by atoms with Crippen molar-refractivity contribution in [1.29, 1.82) is 0 Å². The number of aliphatic hydroxyl groups is 2. The number of rotatable bonds is 24. The van der Waals surface area contributed by atoms with E-state index in [0.717, 1.165) is 37.6 Å². The van der Waals surface area contributed by atoms with Gasteiger partial charge in [-0.2, -0.15) is 0 Å². The summed E-state index contributed by atoms with van der Waals surface area (Å²) in [7, 11) is 8.25. The van der Waals surface area contributed by atoms with Crippen molar-refractivity contribution in [2.45, 2.75) is 115 Å². The Morgan fingerprint density at radius 2 is 0.816 bits per heavy atom. The quantitative estimate of drug-likeness (QED) is 0.0608. The van der Waals surface area contributed by atoms with Gasteiger partial charge in [0.25, 0.3) is 0 Å². The van der Waals surface area contributed by atoms with E-state index in [4.69, 9.17) is 9.47 Å². The second-order valence-electron chi connectivity index (χ2n) is 10.7. The van der Waals surface area contributed by atoms with E-state index in [9.17, 15) is 10.2 Å². The molecule has 0 amide bonds. The van der Waals surface area contributed by atoms with Crippen LogP contribution >= 0.6 is 62.8 Å². The summed E-state index contributed by atoms with van der Waals surface area (Å²) in [6, 6.07) is 0. The summed E-state index contributed by atoms with van der Waals surface area (Å²) < 4.78 is 11.7. The monoisotopic (exact) mass is 716 g/mol. The number of aliphatic hydroxyl groups excluding tert-OH is 2. The molecule has 0 radical (unpaired) electrons. The Labute approximate surface area is 266 Å². The van der Waals surface area contributed by atoms with Gasteiger partial charge >= 0.3 is 0 Å². The highest BCUT2D eigenvalue weighted by Crippen LogP contribution is 2.43. The van der Waals surface area contributed by atoms with Crippen molar-refractivity contribution in [2.24, 2.45) is 0 Å². The molecular formula is C24H60O4S6Si4. The van der Waals surface area contributed by atoms with E-state index in [1.807, 2.05) is 43.2 Å². The van der Waals surface area contributed by atoms with Crippen LogP contribution in [0.2, 0.25) is 52.4 Å². The van der Waals surface area contributed by atoms with Crippen molar-refractivity contribution in [3.8, 4) is 0 Å². The summed E-state index contributed by atoms with van der Waals surface area (Å²) in [5.74, 6) is 4.51. The van der Waals surface area contributed by atoms with Crippen molar-refractivity contribution in [2.75, 3.05) is 36.2 Å². The number of hydrogen-bond donors (Lipinski definition) is 2. The topological polar surface area (TPSA) is 58.9 Å². The third-order valence-corrected chi connectivity index (χ3v) is 22.7. The Kier molecular flexibility index (Phi) is 33.7. The summed E-state index contributed by atoms with van der Waals surface area (Å²) >= 11 is 0. The van der Waals surface area contributed by atoms with Gasteiger partial charge in [-0.05, 0) is 59.2 Å². The minimum atomic E-state index is -0.859. The molecule has 38 heavy (non-hydrogen) atoms. The molecule has 4 unspecified atom stereocenters. The van der Waals surface area contributed by atoms with Crippen LogP contribution in [0.25, 0.3) is 0 Å². The predicted octanol–water partition coefficient (Wildman–Crippen LogP) is 7.23. The third-order valence-electron chi connectivity index (χ3n) is 5.96. The normalized spacial score (nSPS) is 15.2. The van der Waals surface area contributed by atoms with E-state index >= 15 is 0 Å². The van der Waals surface area contributed by atoms with Crippen LogP contribution in [0, 0.1) is 0 Å². The molecule has 0 bridgehead atoms. The molecule has 232 valence electrons. The van der Waals surface area contributed by atoms with E-state index in [1.54, 1.807) is 19.7 Å². The molecule has 0 aliphatic carbocycles. The zero-order valence-electron chi connectivity index (χ0n) is 25.9. The van der Waals surface area contributed by atoms with Gasteiger partial charge in [0.2, 0.25) is 0 Å². The van der Waals surface area contributed by atoms with Crippen molar-refractivity contribution >= 4 is 98.0 Å². The van der Waals surface area contributed by atoms with Crippen LogP contribution in [-0.4, -0.2) is 105 Å². The minimum absolute atomic E-state index is 0.0260. The molecule has 0 aromatic heterocycles. The summed E-state index contributed by atoms with van der Waals surface area (Å²) in [6.45, 7) is 24.3. The van der Waals surface area contributed by atoms with Gasteiger partial charge in [0.1, 0.15) is 0 Å². The van der Waals surface area contributed by atoms with E-state index in [1.165, 1.54) is 24.3 Å². The maximum atomic E-state index is 9.68. The van der Waals surface area contributed by atoms with Crippen molar-refractivity contribution in [3.63, 3.8) is 0 Å². The standard InChI is InChI=1S/C14H34O2S2Si2.C10H26O2S4Si2/c1-7-15-13(19(3)4)9-11-17-18-12-10-14(16-8-2)20(5)6;1-17(2)9(11)5-7-13-15-16-14-8-6-10(12)18(3)4/h13-14,19-20H,7-12H2,1-6H3;9-12,17-18H,5-8H2,1-4H3. The Balaban J connectivity index is 0. The van der Waals surface area contributed by atoms with Gasteiger partial charge in [0.05, 0.1) is 35.2 Å². The van der Waals surface area contributed by atoms with E-state index < -0.39 is 35.2 Å². The Morgan fingerprint density at radius 1 is 0.500 bits per heavy atom. The van der Waals surface area contributed by atoms with E-state index in [-0.39, 0.29) is 11.5 Å². The van der Waals surface area contributed by atoms with E-state index in [2.05, 4.69) is 66.2 Å². The molecule has 0 fully saturated rings. The summed E-state index contributed by atoms with van der Waals surface area (Å²) in [4.78, 5) is 0. The van der Waals surface area contributed by atoms with Crippen LogP contribution in [-0.2, 0) is 9.47 Å². The lowest BCUT2D eigenvalue weighted by atomic mass is 10.5. The van der Waals surface area contributed by atoms with Gasteiger partial charge in [-0.25, -0.2) is 0 Å². The lowest BCUT2D eigenvalue weighted by molar-refractivity contribution is 0.112. The number of ether oxygens (including phenoxy) is 2. The fraction of sp³-hybridized carbons (Fsp3) is 1.00. The molecule has 0 aliphatic heterocycles. The van der Waals surface area contributed by atoms with Crippen LogP contribution in [0.15, 0.2) is 0 Å². The first-order valence-electron chi connectivity index (χ1n) is 14.4. The fourth-order valence-electron chi connectivity index (χ4n) is 3.20. The number of hydrogen-bond acceptors (Lipinski definition) is 10. The molecular weight excluding hydrogens is 657 g/mol. The lowest BCUT2D eigenvalue weighted by Gasteiger charge is -2.20. The van der Waals surface area contributed by atoms with Crippen LogP contribution in [0.4, 0.5) is 0 Å². The summed E-state index contributed by atoms with van der Waals surface area (Å²) in [5.41, 5.74) is 1.07. The maximum absolute atomic E-state index is 9.68. The van der Waals surface area contributed by atoms with Gasteiger partial charge in [-0.15, -0.1) is 0 Å². The predicted molar refractivity (Wildman–Crippen MR) is 202 cm³/mol. The van der Waals surface area contributed by atoms with Crippen LogP contribution in [0.1, 0.15) is 39.5 Å².